The third-order valence-electron chi connectivity index (χ3n) is 5.75. The van der Waals surface area contributed by atoms with E-state index >= 15 is 0 Å². The van der Waals surface area contributed by atoms with Crippen LogP contribution >= 0.6 is 0 Å². The highest BCUT2D eigenvalue weighted by Crippen LogP contribution is 2.38. The molecule has 0 saturated carbocycles. The predicted molar refractivity (Wildman–Crippen MR) is 90.0 cm³/mol. The van der Waals surface area contributed by atoms with E-state index in [0.717, 1.165) is 18.4 Å². The molecule has 114 valence electrons. The van der Waals surface area contributed by atoms with Crippen LogP contribution in [0.15, 0.2) is 42.5 Å². The molecule has 0 amide bonds. The summed E-state index contributed by atoms with van der Waals surface area (Å²) < 4.78 is 0. The van der Waals surface area contributed by atoms with E-state index in [0.29, 0.717) is 24.3 Å². The SMILES string of the molecule is CN1C2CCC1CC(C(=O)Cc1ccc3ccccc3c1)C2. The molecule has 2 aromatic carbocycles. The minimum absolute atomic E-state index is 0.278. The lowest BCUT2D eigenvalue weighted by molar-refractivity contribution is -0.124. The van der Waals surface area contributed by atoms with Crippen molar-refractivity contribution in [2.45, 2.75) is 44.2 Å². The molecule has 2 atom stereocenters. The van der Waals surface area contributed by atoms with Gasteiger partial charge in [0.25, 0.3) is 0 Å². The summed E-state index contributed by atoms with van der Waals surface area (Å²) in [7, 11) is 2.23. The highest BCUT2D eigenvalue weighted by molar-refractivity contribution is 5.87. The molecule has 22 heavy (non-hydrogen) atoms. The molecule has 2 bridgehead atoms. The van der Waals surface area contributed by atoms with Gasteiger partial charge in [0.05, 0.1) is 0 Å². The molecule has 2 heterocycles. The molecule has 0 aromatic heterocycles. The Balaban J connectivity index is 1.49. The molecule has 0 radical (unpaired) electrons. The van der Waals surface area contributed by atoms with Gasteiger partial charge in [0.15, 0.2) is 0 Å². The van der Waals surface area contributed by atoms with E-state index in [1.807, 2.05) is 0 Å². The monoisotopic (exact) mass is 293 g/mol. The Bertz CT molecular complexity index is 694. The second-order valence-electron chi connectivity index (χ2n) is 7.04. The van der Waals surface area contributed by atoms with E-state index in [2.05, 4.69) is 54.4 Å². The Morgan fingerprint density at radius 1 is 1.05 bits per heavy atom. The van der Waals surface area contributed by atoms with Gasteiger partial charge in [0.1, 0.15) is 5.78 Å². The number of rotatable bonds is 3. The first-order valence-electron chi connectivity index (χ1n) is 8.43. The average molecular weight is 293 g/mol. The molecular weight excluding hydrogens is 270 g/mol. The molecular formula is C20H23NO. The summed E-state index contributed by atoms with van der Waals surface area (Å²) in [5.74, 6) is 0.723. The summed E-state index contributed by atoms with van der Waals surface area (Å²) >= 11 is 0. The summed E-state index contributed by atoms with van der Waals surface area (Å²) in [6, 6.07) is 16.1. The Labute approximate surface area is 132 Å². The summed E-state index contributed by atoms with van der Waals surface area (Å²) in [5.41, 5.74) is 1.16. The summed E-state index contributed by atoms with van der Waals surface area (Å²) in [6.45, 7) is 0. The van der Waals surface area contributed by atoms with E-state index in [4.69, 9.17) is 0 Å². The highest BCUT2D eigenvalue weighted by atomic mass is 16.1. The number of carbonyl (C=O) groups excluding carboxylic acids is 1. The van der Waals surface area contributed by atoms with Gasteiger partial charge in [0, 0.05) is 24.4 Å². The van der Waals surface area contributed by atoms with Crippen LogP contribution in [0.4, 0.5) is 0 Å². The lowest BCUT2D eigenvalue weighted by atomic mass is 9.85. The first-order chi connectivity index (χ1) is 10.7. The predicted octanol–water partition coefficient (Wildman–Crippen LogP) is 3.82. The molecule has 2 fully saturated rings. The van der Waals surface area contributed by atoms with Crippen molar-refractivity contribution in [3.05, 3.63) is 48.0 Å². The van der Waals surface area contributed by atoms with Crippen molar-refractivity contribution in [2.24, 2.45) is 5.92 Å². The first-order valence-corrected chi connectivity index (χ1v) is 8.43. The number of ketones is 1. The van der Waals surface area contributed by atoms with E-state index in [-0.39, 0.29) is 5.92 Å². The number of carbonyl (C=O) groups is 1. The van der Waals surface area contributed by atoms with Crippen LogP contribution in [0, 0.1) is 5.92 Å². The van der Waals surface area contributed by atoms with E-state index in [1.54, 1.807) is 0 Å². The number of piperidine rings is 1. The smallest absolute Gasteiger partial charge is 0.140 e. The van der Waals surface area contributed by atoms with Crippen molar-refractivity contribution < 1.29 is 4.79 Å². The maximum Gasteiger partial charge on any atom is 0.140 e. The maximum absolute atomic E-state index is 12.7. The van der Waals surface area contributed by atoms with Gasteiger partial charge < -0.3 is 4.90 Å². The molecule has 2 aliphatic heterocycles. The molecule has 2 saturated heterocycles. The normalized spacial score (nSPS) is 28.1. The molecule has 2 heteroatoms. The zero-order chi connectivity index (χ0) is 15.1. The van der Waals surface area contributed by atoms with Crippen molar-refractivity contribution >= 4 is 16.6 Å². The van der Waals surface area contributed by atoms with E-state index in [1.165, 1.54) is 23.6 Å². The lowest BCUT2D eigenvalue weighted by Gasteiger charge is -2.35. The molecule has 0 N–H and O–H groups in total. The highest BCUT2D eigenvalue weighted by Gasteiger charge is 2.40. The van der Waals surface area contributed by atoms with Crippen LogP contribution in [0.1, 0.15) is 31.2 Å². The third-order valence-corrected chi connectivity index (χ3v) is 5.75. The van der Waals surface area contributed by atoms with Crippen LogP contribution in [0.5, 0.6) is 0 Å². The quantitative estimate of drug-likeness (QED) is 0.857. The van der Waals surface area contributed by atoms with E-state index < -0.39 is 0 Å². The summed E-state index contributed by atoms with van der Waals surface area (Å²) in [4.78, 5) is 15.2. The minimum Gasteiger partial charge on any atom is -0.300 e. The molecule has 2 unspecified atom stereocenters. The van der Waals surface area contributed by atoms with E-state index in [9.17, 15) is 4.79 Å². The minimum atomic E-state index is 0.278. The number of Topliss-reactive ketones (excluding diaryl/α,β-unsaturated/α-hetero) is 1. The fraction of sp³-hybridized carbons (Fsp3) is 0.450. The molecule has 0 aliphatic carbocycles. The van der Waals surface area contributed by atoms with Crippen LogP contribution in [-0.2, 0) is 11.2 Å². The van der Waals surface area contributed by atoms with Gasteiger partial charge in [-0.25, -0.2) is 0 Å². The van der Waals surface area contributed by atoms with Gasteiger partial charge in [-0.05, 0) is 49.1 Å². The Morgan fingerprint density at radius 3 is 2.45 bits per heavy atom. The van der Waals surface area contributed by atoms with Crippen molar-refractivity contribution in [2.75, 3.05) is 7.05 Å². The molecule has 2 nitrogen and oxygen atoms in total. The zero-order valence-electron chi connectivity index (χ0n) is 13.2. The fourth-order valence-corrected chi connectivity index (χ4v) is 4.37. The fourth-order valence-electron chi connectivity index (χ4n) is 4.37. The van der Waals surface area contributed by atoms with Crippen LogP contribution in [0.3, 0.4) is 0 Å². The van der Waals surface area contributed by atoms with Gasteiger partial charge >= 0.3 is 0 Å². The van der Waals surface area contributed by atoms with Gasteiger partial charge in [-0.3, -0.25) is 4.79 Å². The topological polar surface area (TPSA) is 20.3 Å². The Morgan fingerprint density at radius 2 is 1.73 bits per heavy atom. The third kappa shape index (κ3) is 2.46. The largest absolute Gasteiger partial charge is 0.300 e. The average Bonchev–Trinajstić information content (AvgIpc) is 2.76. The lowest BCUT2D eigenvalue weighted by Crippen LogP contribution is -2.42. The second kappa shape index (κ2) is 5.51. The van der Waals surface area contributed by atoms with Crippen LogP contribution < -0.4 is 0 Å². The van der Waals surface area contributed by atoms with Crippen LogP contribution in [0.25, 0.3) is 10.8 Å². The number of benzene rings is 2. The van der Waals surface area contributed by atoms with Crippen LogP contribution in [0.2, 0.25) is 0 Å². The molecule has 2 aliphatic rings. The Kier molecular flexibility index (Phi) is 3.50. The van der Waals surface area contributed by atoms with Crippen molar-refractivity contribution in [3.8, 4) is 0 Å². The molecule has 4 rings (SSSR count). The zero-order valence-corrected chi connectivity index (χ0v) is 13.2. The first kappa shape index (κ1) is 14.0. The molecule has 2 aromatic rings. The number of nitrogens with zero attached hydrogens (tertiary/aromatic N) is 1. The van der Waals surface area contributed by atoms with Crippen molar-refractivity contribution in [1.82, 2.24) is 4.90 Å². The van der Waals surface area contributed by atoms with Crippen LogP contribution in [-0.4, -0.2) is 29.8 Å². The van der Waals surface area contributed by atoms with Gasteiger partial charge in [-0.1, -0.05) is 42.5 Å². The van der Waals surface area contributed by atoms with Crippen molar-refractivity contribution in [3.63, 3.8) is 0 Å². The number of hydrogen-bond donors (Lipinski definition) is 0. The van der Waals surface area contributed by atoms with Crippen molar-refractivity contribution in [1.29, 1.82) is 0 Å². The Hall–Kier alpha value is -1.67. The summed E-state index contributed by atoms with van der Waals surface area (Å²) in [5, 5.41) is 2.48. The second-order valence-corrected chi connectivity index (χ2v) is 7.04. The summed E-state index contributed by atoms with van der Waals surface area (Å²) in [6.07, 6.45) is 5.29. The maximum atomic E-state index is 12.7. The molecule has 0 spiro atoms. The van der Waals surface area contributed by atoms with Gasteiger partial charge in [-0.15, -0.1) is 0 Å². The van der Waals surface area contributed by atoms with Gasteiger partial charge in [-0.2, -0.15) is 0 Å². The van der Waals surface area contributed by atoms with Gasteiger partial charge in [0.2, 0.25) is 0 Å². The number of fused-ring (bicyclic) bond motifs is 3. The number of hydrogen-bond acceptors (Lipinski definition) is 2. The standard InChI is InChI=1S/C20H23NO/c1-21-18-8-9-19(21)13-17(12-18)20(22)11-14-6-7-15-4-2-3-5-16(15)10-14/h2-7,10,17-19H,8-9,11-13H2,1H3.